The summed E-state index contributed by atoms with van der Waals surface area (Å²) in [5, 5.41) is 4.72. The van der Waals surface area contributed by atoms with E-state index in [0.717, 1.165) is 17.7 Å². The first-order valence-electron chi connectivity index (χ1n) is 5.86. The van der Waals surface area contributed by atoms with Crippen molar-refractivity contribution in [3.05, 3.63) is 16.3 Å². The molecule has 1 amide bonds. The molecular formula is C12H19NO3S2. The number of thiophene rings is 1. The van der Waals surface area contributed by atoms with Gasteiger partial charge in [0, 0.05) is 30.5 Å². The van der Waals surface area contributed by atoms with E-state index in [1.165, 1.54) is 11.3 Å². The van der Waals surface area contributed by atoms with Gasteiger partial charge in [0.05, 0.1) is 18.1 Å². The molecule has 0 saturated carbocycles. The Labute approximate surface area is 117 Å². The van der Waals surface area contributed by atoms with Gasteiger partial charge < -0.3 is 14.8 Å². The fraction of sp³-hybridized carbons (Fsp3) is 0.583. The molecule has 0 spiro atoms. The molecule has 0 radical (unpaired) electrons. The number of thiol groups is 1. The lowest BCUT2D eigenvalue weighted by Crippen LogP contribution is -2.23. The normalized spacial score (nSPS) is 10.6. The lowest BCUT2D eigenvalue weighted by Gasteiger charge is -2.04. The molecule has 102 valence electrons. The molecule has 1 N–H and O–H groups in total. The lowest BCUT2D eigenvalue weighted by molar-refractivity contribution is 0.0686. The van der Waals surface area contributed by atoms with Gasteiger partial charge in [-0.05, 0) is 18.9 Å². The van der Waals surface area contributed by atoms with E-state index in [0.29, 0.717) is 31.2 Å². The molecule has 1 aromatic rings. The van der Waals surface area contributed by atoms with Gasteiger partial charge in [-0.1, -0.05) is 0 Å². The standard InChI is InChI=1S/C12H19NO3S2/c1-15-6-7-16-5-3-2-4-13-12(14)11-8-10(17)9-18-11/h8-9,17H,2-7H2,1H3,(H,13,14). The molecule has 1 rings (SSSR count). The van der Waals surface area contributed by atoms with Crippen molar-refractivity contribution in [1.82, 2.24) is 5.32 Å². The third-order valence-corrected chi connectivity index (χ3v) is 3.60. The Morgan fingerprint density at radius 1 is 1.39 bits per heavy atom. The van der Waals surface area contributed by atoms with Crippen molar-refractivity contribution in [2.75, 3.05) is 33.5 Å². The van der Waals surface area contributed by atoms with Gasteiger partial charge in [0.25, 0.3) is 5.91 Å². The van der Waals surface area contributed by atoms with Crippen LogP contribution in [0, 0.1) is 0 Å². The number of carbonyl (C=O) groups excluding carboxylic acids is 1. The molecular weight excluding hydrogens is 270 g/mol. The van der Waals surface area contributed by atoms with E-state index in [-0.39, 0.29) is 5.91 Å². The van der Waals surface area contributed by atoms with E-state index in [1.54, 1.807) is 13.2 Å². The second-order valence-electron chi connectivity index (χ2n) is 3.74. The fourth-order valence-electron chi connectivity index (χ4n) is 1.31. The van der Waals surface area contributed by atoms with E-state index in [2.05, 4.69) is 17.9 Å². The highest BCUT2D eigenvalue weighted by Gasteiger charge is 2.06. The van der Waals surface area contributed by atoms with E-state index in [9.17, 15) is 4.79 Å². The summed E-state index contributed by atoms with van der Waals surface area (Å²) in [4.78, 5) is 13.2. The summed E-state index contributed by atoms with van der Waals surface area (Å²) in [6.45, 7) is 2.63. The quantitative estimate of drug-likeness (QED) is 0.541. The number of unbranched alkanes of at least 4 members (excludes halogenated alkanes) is 1. The molecule has 0 aromatic carbocycles. The van der Waals surface area contributed by atoms with Crippen LogP contribution in [0.2, 0.25) is 0 Å². The second-order valence-corrected chi connectivity index (χ2v) is 5.16. The minimum absolute atomic E-state index is 0.0272. The van der Waals surface area contributed by atoms with Crippen molar-refractivity contribution in [2.45, 2.75) is 17.7 Å². The molecule has 0 aliphatic rings. The monoisotopic (exact) mass is 289 g/mol. The van der Waals surface area contributed by atoms with Crippen LogP contribution in [0.4, 0.5) is 0 Å². The number of ether oxygens (including phenoxy) is 2. The lowest BCUT2D eigenvalue weighted by atomic mass is 10.3. The maximum atomic E-state index is 11.6. The zero-order chi connectivity index (χ0) is 13.2. The van der Waals surface area contributed by atoms with Gasteiger partial charge in [0.1, 0.15) is 0 Å². The molecule has 6 heteroatoms. The van der Waals surface area contributed by atoms with Crippen molar-refractivity contribution in [1.29, 1.82) is 0 Å². The van der Waals surface area contributed by atoms with Crippen molar-refractivity contribution in [3.8, 4) is 0 Å². The van der Waals surface area contributed by atoms with Crippen LogP contribution in [0.15, 0.2) is 16.3 Å². The number of amides is 1. The smallest absolute Gasteiger partial charge is 0.261 e. The summed E-state index contributed by atoms with van der Waals surface area (Å²) in [5.41, 5.74) is 0. The first-order valence-corrected chi connectivity index (χ1v) is 7.19. The van der Waals surface area contributed by atoms with Crippen molar-refractivity contribution < 1.29 is 14.3 Å². The average molecular weight is 289 g/mol. The predicted molar refractivity (Wildman–Crippen MR) is 75.8 cm³/mol. The molecule has 0 aliphatic carbocycles. The third kappa shape index (κ3) is 6.39. The highest BCUT2D eigenvalue weighted by Crippen LogP contribution is 2.17. The Morgan fingerprint density at radius 2 is 2.22 bits per heavy atom. The minimum atomic E-state index is -0.0272. The maximum absolute atomic E-state index is 11.6. The molecule has 0 saturated heterocycles. The number of hydrogen-bond donors (Lipinski definition) is 2. The SMILES string of the molecule is COCCOCCCCNC(=O)c1cc(S)cs1. The average Bonchev–Trinajstić information content (AvgIpc) is 2.79. The number of nitrogens with one attached hydrogen (secondary N) is 1. The molecule has 4 nitrogen and oxygen atoms in total. The predicted octanol–water partition coefficient (Wildman–Crippen LogP) is 2.21. The van der Waals surface area contributed by atoms with Gasteiger partial charge in [-0.25, -0.2) is 0 Å². The Bertz CT molecular complexity index is 355. The molecule has 0 unspecified atom stereocenters. The highest BCUT2D eigenvalue weighted by atomic mass is 32.1. The molecule has 0 atom stereocenters. The van der Waals surface area contributed by atoms with Crippen LogP contribution < -0.4 is 5.32 Å². The van der Waals surface area contributed by atoms with E-state index in [4.69, 9.17) is 9.47 Å². The van der Waals surface area contributed by atoms with Crippen molar-refractivity contribution in [2.24, 2.45) is 0 Å². The summed E-state index contributed by atoms with van der Waals surface area (Å²) in [6, 6.07) is 1.77. The zero-order valence-electron chi connectivity index (χ0n) is 10.5. The van der Waals surface area contributed by atoms with E-state index in [1.807, 2.05) is 5.38 Å². The summed E-state index contributed by atoms with van der Waals surface area (Å²) >= 11 is 5.58. The maximum Gasteiger partial charge on any atom is 0.261 e. The Kier molecular flexibility index (Phi) is 8.08. The summed E-state index contributed by atoms with van der Waals surface area (Å²) < 4.78 is 10.2. The Morgan fingerprint density at radius 3 is 2.89 bits per heavy atom. The summed E-state index contributed by atoms with van der Waals surface area (Å²) in [6.07, 6.45) is 1.85. The van der Waals surface area contributed by atoms with Crippen LogP contribution in [-0.2, 0) is 9.47 Å². The van der Waals surface area contributed by atoms with Crippen molar-refractivity contribution >= 4 is 29.9 Å². The topological polar surface area (TPSA) is 47.6 Å². The number of hydrogen-bond acceptors (Lipinski definition) is 5. The van der Waals surface area contributed by atoms with E-state index < -0.39 is 0 Å². The molecule has 0 aliphatic heterocycles. The van der Waals surface area contributed by atoms with Crippen LogP contribution in [0.1, 0.15) is 22.5 Å². The largest absolute Gasteiger partial charge is 0.382 e. The third-order valence-electron chi connectivity index (χ3n) is 2.24. The molecule has 1 heterocycles. The molecule has 18 heavy (non-hydrogen) atoms. The highest BCUT2D eigenvalue weighted by molar-refractivity contribution is 7.80. The molecule has 0 fully saturated rings. The minimum Gasteiger partial charge on any atom is -0.382 e. The van der Waals surface area contributed by atoms with Gasteiger partial charge in [-0.2, -0.15) is 0 Å². The Hall–Kier alpha value is -0.560. The van der Waals surface area contributed by atoms with E-state index >= 15 is 0 Å². The summed E-state index contributed by atoms with van der Waals surface area (Å²) in [5.74, 6) is -0.0272. The number of rotatable bonds is 9. The van der Waals surface area contributed by atoms with Gasteiger partial charge in [0.15, 0.2) is 0 Å². The van der Waals surface area contributed by atoms with Gasteiger partial charge in [-0.3, -0.25) is 4.79 Å². The second kappa shape index (κ2) is 9.38. The van der Waals surface area contributed by atoms with Crippen LogP contribution in [0.25, 0.3) is 0 Å². The molecule has 0 bridgehead atoms. The van der Waals surface area contributed by atoms with Gasteiger partial charge >= 0.3 is 0 Å². The van der Waals surface area contributed by atoms with Crippen LogP contribution in [0.3, 0.4) is 0 Å². The van der Waals surface area contributed by atoms with Gasteiger partial charge in [0.2, 0.25) is 0 Å². The zero-order valence-corrected chi connectivity index (χ0v) is 12.2. The van der Waals surface area contributed by atoms with Gasteiger partial charge in [-0.15, -0.1) is 24.0 Å². The number of carbonyl (C=O) groups is 1. The number of methoxy groups -OCH3 is 1. The molecule has 1 aromatic heterocycles. The first-order chi connectivity index (χ1) is 8.74. The summed E-state index contributed by atoms with van der Waals surface area (Å²) in [7, 11) is 1.65. The fourth-order valence-corrected chi connectivity index (χ4v) is 2.37. The Balaban J connectivity index is 1.99. The van der Waals surface area contributed by atoms with Crippen LogP contribution in [-0.4, -0.2) is 39.4 Å². The van der Waals surface area contributed by atoms with Crippen LogP contribution in [0.5, 0.6) is 0 Å². The first kappa shape index (κ1) is 15.5. The van der Waals surface area contributed by atoms with Crippen LogP contribution >= 0.6 is 24.0 Å². The van der Waals surface area contributed by atoms with Crippen molar-refractivity contribution in [3.63, 3.8) is 0 Å².